The maximum Gasteiger partial charge on any atom is 0.273 e. The van der Waals surface area contributed by atoms with E-state index in [1.807, 2.05) is 12.1 Å². The van der Waals surface area contributed by atoms with Crippen molar-refractivity contribution in [3.63, 3.8) is 0 Å². The van der Waals surface area contributed by atoms with Crippen molar-refractivity contribution in [3.8, 4) is 0 Å². The predicted octanol–water partition coefficient (Wildman–Crippen LogP) is 4.51. The highest BCUT2D eigenvalue weighted by atomic mass is 35.5. The number of aryl methyl sites for hydroxylation is 1. The van der Waals surface area contributed by atoms with Crippen molar-refractivity contribution in [1.82, 2.24) is 9.80 Å². The number of carbonyl (C=O) groups excluding carboxylic acids is 2. The number of piperazine rings is 1. The summed E-state index contributed by atoms with van der Waals surface area (Å²) in [5.74, 6) is 0.0211. The number of benzene rings is 2. The van der Waals surface area contributed by atoms with Crippen molar-refractivity contribution in [1.29, 1.82) is 0 Å². The first-order chi connectivity index (χ1) is 16.3. The summed E-state index contributed by atoms with van der Waals surface area (Å²) in [6.07, 6.45) is 4.27. The molecule has 0 radical (unpaired) electrons. The van der Waals surface area contributed by atoms with E-state index in [0.29, 0.717) is 48.0 Å². The number of nitro benzene ring substituents is 1. The summed E-state index contributed by atoms with van der Waals surface area (Å²) >= 11 is 6.08. The lowest BCUT2D eigenvalue weighted by atomic mass is 9.94. The molecule has 0 spiro atoms. The maximum absolute atomic E-state index is 13.3. The van der Waals surface area contributed by atoms with E-state index in [4.69, 9.17) is 11.6 Å². The third kappa shape index (κ3) is 5.39. The van der Waals surface area contributed by atoms with Crippen LogP contribution in [0.1, 0.15) is 41.6 Å². The van der Waals surface area contributed by atoms with Crippen LogP contribution >= 0.6 is 11.6 Å². The second-order valence-corrected chi connectivity index (χ2v) is 9.51. The third-order valence-electron chi connectivity index (χ3n) is 6.85. The quantitative estimate of drug-likeness (QED) is 0.480. The molecule has 1 saturated heterocycles. The monoisotopic (exact) mass is 484 g/mol. The van der Waals surface area contributed by atoms with Gasteiger partial charge in [-0.15, -0.1) is 0 Å². The topological polar surface area (TPSA) is 95.8 Å². The summed E-state index contributed by atoms with van der Waals surface area (Å²) in [7, 11) is 0. The average molecular weight is 485 g/mol. The Bertz CT molecular complexity index is 1080. The van der Waals surface area contributed by atoms with Crippen LogP contribution in [0.15, 0.2) is 42.5 Å². The number of rotatable bonds is 6. The van der Waals surface area contributed by atoms with Crippen LogP contribution in [0, 0.1) is 23.0 Å². The number of nitrogens with one attached hydrogen (secondary N) is 1. The summed E-state index contributed by atoms with van der Waals surface area (Å²) in [5.41, 5.74) is 1.46. The zero-order valence-corrected chi connectivity index (χ0v) is 20.0. The van der Waals surface area contributed by atoms with E-state index in [1.165, 1.54) is 6.07 Å². The van der Waals surface area contributed by atoms with Crippen LogP contribution in [-0.4, -0.2) is 58.8 Å². The minimum Gasteiger partial charge on any atom is -0.336 e. The lowest BCUT2D eigenvalue weighted by Gasteiger charge is -2.40. The van der Waals surface area contributed by atoms with E-state index >= 15 is 0 Å². The molecule has 4 rings (SSSR count). The Morgan fingerprint density at radius 1 is 1.09 bits per heavy atom. The van der Waals surface area contributed by atoms with Crippen LogP contribution in [0.5, 0.6) is 0 Å². The van der Waals surface area contributed by atoms with E-state index in [0.717, 1.165) is 25.7 Å². The van der Waals surface area contributed by atoms with Crippen molar-refractivity contribution in [3.05, 3.63) is 68.7 Å². The number of nitro groups is 1. The predicted molar refractivity (Wildman–Crippen MR) is 131 cm³/mol. The van der Waals surface area contributed by atoms with E-state index in [2.05, 4.69) is 10.2 Å². The summed E-state index contributed by atoms with van der Waals surface area (Å²) in [5, 5.41) is 14.9. The van der Waals surface area contributed by atoms with Crippen LogP contribution in [0.25, 0.3) is 0 Å². The minimum atomic E-state index is -0.464. The highest BCUT2D eigenvalue weighted by Gasteiger charge is 2.37. The first kappa shape index (κ1) is 24.2. The molecule has 9 heteroatoms. The highest BCUT2D eigenvalue weighted by molar-refractivity contribution is 6.30. The smallest absolute Gasteiger partial charge is 0.273 e. The third-order valence-corrected chi connectivity index (χ3v) is 7.09. The molecule has 1 aliphatic carbocycles. The lowest BCUT2D eigenvalue weighted by Crippen LogP contribution is -2.56. The van der Waals surface area contributed by atoms with Gasteiger partial charge in [0.05, 0.1) is 11.0 Å². The van der Waals surface area contributed by atoms with Gasteiger partial charge < -0.3 is 10.2 Å². The molecule has 1 heterocycles. The summed E-state index contributed by atoms with van der Waals surface area (Å²) in [6.45, 7) is 3.73. The molecule has 1 aliphatic heterocycles. The molecule has 1 unspecified atom stereocenters. The zero-order valence-electron chi connectivity index (χ0n) is 19.2. The summed E-state index contributed by atoms with van der Waals surface area (Å²) in [6, 6.07) is 11.5. The largest absolute Gasteiger partial charge is 0.336 e. The van der Waals surface area contributed by atoms with Crippen molar-refractivity contribution in [2.45, 2.75) is 38.6 Å². The Balaban J connectivity index is 1.44. The minimum absolute atomic E-state index is 0.0388. The van der Waals surface area contributed by atoms with E-state index < -0.39 is 4.92 Å². The molecule has 2 aliphatic rings. The molecule has 0 bridgehead atoms. The number of halogens is 1. The zero-order chi connectivity index (χ0) is 24.2. The molecule has 8 nitrogen and oxygen atoms in total. The number of hydrogen-bond donors (Lipinski definition) is 1. The Hall–Kier alpha value is -2.97. The van der Waals surface area contributed by atoms with Gasteiger partial charge in [0.25, 0.3) is 11.6 Å². The van der Waals surface area contributed by atoms with Gasteiger partial charge in [-0.1, -0.05) is 36.6 Å². The van der Waals surface area contributed by atoms with Gasteiger partial charge in [-0.2, -0.15) is 0 Å². The number of nitrogens with zero attached hydrogens (tertiary/aromatic N) is 3. The first-order valence-corrected chi connectivity index (χ1v) is 12.1. The van der Waals surface area contributed by atoms with Crippen molar-refractivity contribution >= 4 is 34.8 Å². The summed E-state index contributed by atoms with van der Waals surface area (Å²) < 4.78 is 0. The average Bonchev–Trinajstić information content (AvgIpc) is 3.33. The number of amides is 2. The Labute approximate surface area is 204 Å². The van der Waals surface area contributed by atoms with Crippen LogP contribution < -0.4 is 5.32 Å². The molecule has 0 aromatic heterocycles. The highest BCUT2D eigenvalue weighted by Crippen LogP contribution is 2.32. The van der Waals surface area contributed by atoms with Gasteiger partial charge in [0.15, 0.2) is 0 Å². The van der Waals surface area contributed by atoms with Crippen LogP contribution in [0.2, 0.25) is 5.02 Å². The normalized spacial score (nSPS) is 18.0. The molecule has 2 aromatic rings. The molecule has 2 fully saturated rings. The number of anilines is 1. The molecule has 2 amide bonds. The second-order valence-electron chi connectivity index (χ2n) is 9.08. The SMILES string of the molecule is Cc1ccc(C(=O)N2CCN(C(C(=O)Nc3cccc(Cl)c3)C3CCCC3)CC2)cc1[N+](=O)[O-]. The maximum atomic E-state index is 13.3. The molecule has 180 valence electrons. The van der Waals surface area contributed by atoms with Crippen LogP contribution in [-0.2, 0) is 4.79 Å². The fourth-order valence-electron chi connectivity index (χ4n) is 5.06. The molecule has 1 atom stereocenters. The molecule has 1 N–H and O–H groups in total. The van der Waals surface area contributed by atoms with Gasteiger partial charge in [0.2, 0.25) is 5.91 Å². The summed E-state index contributed by atoms with van der Waals surface area (Å²) in [4.78, 5) is 41.0. The van der Waals surface area contributed by atoms with E-state index in [-0.39, 0.29) is 29.5 Å². The van der Waals surface area contributed by atoms with Gasteiger partial charge in [-0.3, -0.25) is 24.6 Å². The molecular formula is C25H29ClN4O4. The van der Waals surface area contributed by atoms with Crippen LogP contribution in [0.4, 0.5) is 11.4 Å². The second kappa shape index (κ2) is 10.5. The van der Waals surface area contributed by atoms with Gasteiger partial charge in [0.1, 0.15) is 0 Å². The van der Waals surface area contributed by atoms with Crippen LogP contribution in [0.3, 0.4) is 0 Å². The molecular weight excluding hydrogens is 456 g/mol. The van der Waals surface area contributed by atoms with E-state index in [1.54, 1.807) is 36.1 Å². The van der Waals surface area contributed by atoms with Gasteiger partial charge in [0, 0.05) is 54.1 Å². The molecule has 2 aromatic carbocycles. The fraction of sp³-hybridized carbons (Fsp3) is 0.440. The number of carbonyl (C=O) groups is 2. The Morgan fingerprint density at radius 2 is 1.79 bits per heavy atom. The van der Waals surface area contributed by atoms with Gasteiger partial charge >= 0.3 is 0 Å². The van der Waals surface area contributed by atoms with Crippen molar-refractivity contribution < 1.29 is 14.5 Å². The van der Waals surface area contributed by atoms with Gasteiger partial charge in [-0.25, -0.2) is 0 Å². The number of hydrogen-bond acceptors (Lipinski definition) is 5. The van der Waals surface area contributed by atoms with Gasteiger partial charge in [-0.05, 0) is 49.9 Å². The van der Waals surface area contributed by atoms with Crippen molar-refractivity contribution in [2.24, 2.45) is 5.92 Å². The van der Waals surface area contributed by atoms with E-state index in [9.17, 15) is 19.7 Å². The first-order valence-electron chi connectivity index (χ1n) is 11.7. The molecule has 34 heavy (non-hydrogen) atoms. The van der Waals surface area contributed by atoms with Crippen molar-refractivity contribution in [2.75, 3.05) is 31.5 Å². The molecule has 1 saturated carbocycles. The lowest BCUT2D eigenvalue weighted by molar-refractivity contribution is -0.385. The standard InChI is InChI=1S/C25H29ClN4O4/c1-17-9-10-19(15-22(17)30(33)34)25(32)29-13-11-28(12-14-29)23(18-5-2-3-6-18)24(31)27-21-8-4-7-20(26)16-21/h4,7-10,15-16,18,23H,2-3,5-6,11-14H2,1H3,(H,27,31). The Morgan fingerprint density at radius 3 is 2.44 bits per heavy atom. The fourth-order valence-corrected chi connectivity index (χ4v) is 5.25. The Kier molecular flexibility index (Phi) is 7.48.